The van der Waals surface area contributed by atoms with Crippen LogP contribution in [0.2, 0.25) is 5.02 Å². The first kappa shape index (κ1) is 12.0. The predicted octanol–water partition coefficient (Wildman–Crippen LogP) is 3.64. The normalized spacial score (nSPS) is 12.4. The van der Waals surface area contributed by atoms with Gasteiger partial charge in [0.2, 0.25) is 0 Å². The molecule has 2 rings (SSSR count). The highest BCUT2D eigenvalue weighted by molar-refractivity contribution is 6.30. The summed E-state index contributed by atoms with van der Waals surface area (Å²) in [7, 11) is 0. The van der Waals surface area contributed by atoms with Crippen LogP contribution < -0.4 is 5.73 Å². The molecule has 0 saturated heterocycles. The van der Waals surface area contributed by atoms with Crippen LogP contribution in [0, 0.1) is 0 Å². The van der Waals surface area contributed by atoms with Crippen molar-refractivity contribution in [2.45, 2.75) is 13.0 Å². The van der Waals surface area contributed by atoms with E-state index in [1.807, 2.05) is 36.4 Å². The van der Waals surface area contributed by atoms with E-state index >= 15 is 0 Å². The first-order valence-electron chi connectivity index (χ1n) is 5.41. The molecule has 0 saturated carbocycles. The van der Waals surface area contributed by atoms with Crippen LogP contribution in [0.5, 0.6) is 0 Å². The molecule has 0 amide bonds. The summed E-state index contributed by atoms with van der Waals surface area (Å²) in [4.78, 5) is 0. The topological polar surface area (TPSA) is 46.2 Å². The monoisotopic (exact) mass is 247 g/mol. The molecule has 0 aromatic heterocycles. The Morgan fingerprint density at radius 3 is 2.47 bits per heavy atom. The fourth-order valence-electron chi connectivity index (χ4n) is 1.78. The van der Waals surface area contributed by atoms with Gasteiger partial charge in [-0.2, -0.15) is 0 Å². The minimum atomic E-state index is -0.575. The second kappa shape index (κ2) is 4.78. The van der Waals surface area contributed by atoms with E-state index in [2.05, 4.69) is 0 Å². The number of hydrogen-bond donors (Lipinski definition) is 2. The molecular formula is C14H14ClNO. The third-order valence-electron chi connectivity index (χ3n) is 2.69. The Morgan fingerprint density at radius 2 is 1.82 bits per heavy atom. The van der Waals surface area contributed by atoms with Crippen molar-refractivity contribution in [1.29, 1.82) is 0 Å². The van der Waals surface area contributed by atoms with E-state index in [1.165, 1.54) is 0 Å². The lowest BCUT2D eigenvalue weighted by atomic mass is 10.00. The van der Waals surface area contributed by atoms with E-state index in [0.29, 0.717) is 10.7 Å². The Balaban J connectivity index is 2.50. The van der Waals surface area contributed by atoms with Crippen LogP contribution in [0.15, 0.2) is 42.5 Å². The largest absolute Gasteiger partial charge is 0.398 e. The number of nitrogens with two attached hydrogens (primary N) is 1. The Hall–Kier alpha value is -1.51. The molecule has 0 heterocycles. The number of halogens is 1. The average Bonchev–Trinajstić information content (AvgIpc) is 2.29. The van der Waals surface area contributed by atoms with Crippen LogP contribution in [0.3, 0.4) is 0 Å². The molecular weight excluding hydrogens is 234 g/mol. The van der Waals surface area contributed by atoms with Gasteiger partial charge in [-0.05, 0) is 42.3 Å². The molecule has 0 aliphatic heterocycles. The van der Waals surface area contributed by atoms with Crippen LogP contribution in [0.4, 0.5) is 5.69 Å². The lowest BCUT2D eigenvalue weighted by molar-refractivity contribution is 0.200. The summed E-state index contributed by atoms with van der Waals surface area (Å²) in [5.41, 5.74) is 9.16. The maximum Gasteiger partial charge on any atom is 0.0782 e. The molecule has 1 atom stereocenters. The van der Waals surface area contributed by atoms with Gasteiger partial charge in [0.05, 0.1) is 6.10 Å². The molecule has 1 unspecified atom stereocenters. The van der Waals surface area contributed by atoms with Gasteiger partial charge in [0.15, 0.2) is 0 Å². The third kappa shape index (κ3) is 2.60. The Labute approximate surface area is 106 Å². The molecule has 3 heteroatoms. The fraction of sp³-hybridized carbons (Fsp3) is 0.143. The molecule has 0 fully saturated rings. The van der Waals surface area contributed by atoms with Crippen LogP contribution in [0.25, 0.3) is 11.1 Å². The second-order valence-corrected chi connectivity index (χ2v) is 4.47. The molecule has 0 aliphatic rings. The number of aliphatic hydroxyl groups is 1. The zero-order valence-electron chi connectivity index (χ0n) is 9.52. The molecule has 0 radical (unpaired) electrons. The molecule has 3 N–H and O–H groups in total. The van der Waals surface area contributed by atoms with Crippen molar-refractivity contribution in [3.05, 3.63) is 53.1 Å². The summed E-state index contributed by atoms with van der Waals surface area (Å²) < 4.78 is 0. The molecule has 88 valence electrons. The Bertz CT molecular complexity index is 537. The summed E-state index contributed by atoms with van der Waals surface area (Å²) in [5, 5.41) is 10.3. The quantitative estimate of drug-likeness (QED) is 0.796. The van der Waals surface area contributed by atoms with Crippen molar-refractivity contribution in [2.24, 2.45) is 0 Å². The van der Waals surface area contributed by atoms with E-state index in [1.54, 1.807) is 13.0 Å². The minimum Gasteiger partial charge on any atom is -0.398 e. The van der Waals surface area contributed by atoms with E-state index in [-0.39, 0.29) is 0 Å². The summed E-state index contributed by atoms with van der Waals surface area (Å²) in [6, 6.07) is 13.2. The summed E-state index contributed by atoms with van der Waals surface area (Å²) >= 11 is 5.95. The number of aliphatic hydroxyl groups excluding tert-OH is 1. The maximum atomic E-state index is 9.62. The van der Waals surface area contributed by atoms with Gasteiger partial charge in [-0.3, -0.25) is 0 Å². The lowest BCUT2D eigenvalue weighted by Crippen LogP contribution is -1.98. The van der Waals surface area contributed by atoms with Crippen molar-refractivity contribution in [3.8, 4) is 11.1 Å². The zero-order valence-corrected chi connectivity index (χ0v) is 10.3. The minimum absolute atomic E-state index is 0.575. The lowest BCUT2D eigenvalue weighted by Gasteiger charge is -2.11. The van der Waals surface area contributed by atoms with Gasteiger partial charge in [-0.15, -0.1) is 0 Å². The van der Waals surface area contributed by atoms with Crippen molar-refractivity contribution in [3.63, 3.8) is 0 Å². The molecule has 17 heavy (non-hydrogen) atoms. The molecule has 0 bridgehead atoms. The molecule has 2 aromatic carbocycles. The standard InChI is InChI=1S/C14H14ClNO/c1-9(17)13-8-11(5-6-14(13)16)10-3-2-4-12(15)7-10/h2-9,17H,16H2,1H3. The third-order valence-corrected chi connectivity index (χ3v) is 2.93. The van der Waals surface area contributed by atoms with E-state index in [4.69, 9.17) is 17.3 Å². The van der Waals surface area contributed by atoms with Gasteiger partial charge in [-0.25, -0.2) is 0 Å². The van der Waals surface area contributed by atoms with Gasteiger partial charge in [0, 0.05) is 16.3 Å². The Kier molecular flexibility index (Phi) is 3.36. The van der Waals surface area contributed by atoms with Crippen molar-refractivity contribution < 1.29 is 5.11 Å². The van der Waals surface area contributed by atoms with Gasteiger partial charge in [0.25, 0.3) is 0 Å². The highest BCUT2D eigenvalue weighted by Gasteiger charge is 2.07. The van der Waals surface area contributed by atoms with Crippen molar-refractivity contribution in [1.82, 2.24) is 0 Å². The SMILES string of the molecule is CC(O)c1cc(-c2cccc(Cl)c2)ccc1N. The van der Waals surface area contributed by atoms with E-state index < -0.39 is 6.10 Å². The number of rotatable bonds is 2. The second-order valence-electron chi connectivity index (χ2n) is 4.03. The van der Waals surface area contributed by atoms with Gasteiger partial charge >= 0.3 is 0 Å². The summed E-state index contributed by atoms with van der Waals surface area (Å²) in [6.07, 6.45) is -0.575. The molecule has 0 spiro atoms. The smallest absolute Gasteiger partial charge is 0.0782 e. The number of hydrogen-bond acceptors (Lipinski definition) is 2. The first-order valence-corrected chi connectivity index (χ1v) is 5.79. The average molecular weight is 248 g/mol. The van der Waals surface area contributed by atoms with Crippen LogP contribution >= 0.6 is 11.6 Å². The summed E-state index contributed by atoms with van der Waals surface area (Å²) in [5.74, 6) is 0. The van der Waals surface area contributed by atoms with Gasteiger partial charge in [0.1, 0.15) is 0 Å². The van der Waals surface area contributed by atoms with Crippen LogP contribution in [0.1, 0.15) is 18.6 Å². The predicted molar refractivity (Wildman–Crippen MR) is 71.9 cm³/mol. The van der Waals surface area contributed by atoms with Crippen molar-refractivity contribution in [2.75, 3.05) is 5.73 Å². The maximum absolute atomic E-state index is 9.62. The van der Waals surface area contributed by atoms with E-state index in [0.717, 1.165) is 16.7 Å². The van der Waals surface area contributed by atoms with E-state index in [9.17, 15) is 5.11 Å². The van der Waals surface area contributed by atoms with Gasteiger partial charge in [-0.1, -0.05) is 29.8 Å². The van der Waals surface area contributed by atoms with Gasteiger partial charge < -0.3 is 10.8 Å². The molecule has 2 aromatic rings. The number of nitrogen functional groups attached to an aromatic ring is 1. The summed E-state index contributed by atoms with van der Waals surface area (Å²) in [6.45, 7) is 1.70. The first-order chi connectivity index (χ1) is 8.08. The molecule has 0 aliphatic carbocycles. The van der Waals surface area contributed by atoms with Crippen molar-refractivity contribution >= 4 is 17.3 Å². The number of benzene rings is 2. The fourth-order valence-corrected chi connectivity index (χ4v) is 1.97. The highest BCUT2D eigenvalue weighted by Crippen LogP contribution is 2.28. The number of anilines is 1. The van der Waals surface area contributed by atoms with Crippen LogP contribution in [-0.4, -0.2) is 5.11 Å². The zero-order chi connectivity index (χ0) is 12.4. The Morgan fingerprint density at radius 1 is 1.12 bits per heavy atom. The highest BCUT2D eigenvalue weighted by atomic mass is 35.5. The van der Waals surface area contributed by atoms with Crippen LogP contribution in [-0.2, 0) is 0 Å². The molecule has 2 nitrogen and oxygen atoms in total.